The lowest BCUT2D eigenvalue weighted by Crippen LogP contribution is -2.45. The van der Waals surface area contributed by atoms with Crippen molar-refractivity contribution in [2.45, 2.75) is 45.3 Å². The number of likely N-dealkylation sites (tertiary alicyclic amines) is 1. The maximum absolute atomic E-state index is 12.3. The third-order valence-electron chi connectivity index (χ3n) is 5.00. The van der Waals surface area contributed by atoms with E-state index < -0.39 is 0 Å². The fraction of sp³-hybridized carbons (Fsp3) is 0.632. The molecule has 1 atom stereocenters. The number of rotatable bonds is 1. The molecule has 126 valence electrons. The van der Waals surface area contributed by atoms with Crippen molar-refractivity contribution < 1.29 is 9.53 Å². The predicted molar refractivity (Wildman–Crippen MR) is 91.4 cm³/mol. The molecule has 0 unspecified atom stereocenters. The summed E-state index contributed by atoms with van der Waals surface area (Å²) in [7, 11) is 2.16. The van der Waals surface area contributed by atoms with Crippen LogP contribution < -0.4 is 4.74 Å². The molecule has 23 heavy (non-hydrogen) atoms. The van der Waals surface area contributed by atoms with Gasteiger partial charge < -0.3 is 9.64 Å². The molecule has 4 heteroatoms. The molecule has 2 heterocycles. The number of carbonyl (C=O) groups is 1. The van der Waals surface area contributed by atoms with Crippen LogP contribution in [-0.2, 0) is 11.3 Å². The van der Waals surface area contributed by atoms with E-state index in [9.17, 15) is 4.79 Å². The Morgan fingerprint density at radius 1 is 1.22 bits per heavy atom. The molecule has 2 aliphatic rings. The third-order valence-corrected chi connectivity index (χ3v) is 5.00. The monoisotopic (exact) mass is 316 g/mol. The number of hydrogen-bond donors (Lipinski definition) is 0. The quantitative estimate of drug-likeness (QED) is 0.798. The maximum Gasteiger partial charge on any atom is 0.225 e. The van der Waals surface area contributed by atoms with Crippen LogP contribution in [0.5, 0.6) is 5.75 Å². The van der Waals surface area contributed by atoms with Crippen LogP contribution in [-0.4, -0.2) is 48.0 Å². The van der Waals surface area contributed by atoms with Gasteiger partial charge in [-0.05, 0) is 26.0 Å². The second-order valence-corrected chi connectivity index (χ2v) is 7.40. The van der Waals surface area contributed by atoms with Crippen molar-refractivity contribution in [1.82, 2.24) is 9.80 Å². The Labute approximate surface area is 139 Å². The van der Waals surface area contributed by atoms with Crippen LogP contribution in [0.3, 0.4) is 0 Å². The molecule has 1 spiro atoms. The number of amides is 1. The number of ether oxygens (including phenoxy) is 1. The van der Waals surface area contributed by atoms with Gasteiger partial charge in [-0.25, -0.2) is 0 Å². The summed E-state index contributed by atoms with van der Waals surface area (Å²) in [5, 5.41) is 0. The van der Waals surface area contributed by atoms with E-state index in [2.05, 4.69) is 30.1 Å². The normalized spacial score (nSPS) is 25.7. The first-order valence-electron chi connectivity index (χ1n) is 8.73. The summed E-state index contributed by atoms with van der Waals surface area (Å²) in [4.78, 5) is 16.7. The Hall–Kier alpha value is -1.55. The van der Waals surface area contributed by atoms with Crippen molar-refractivity contribution in [2.24, 2.45) is 5.92 Å². The molecule has 0 N–H and O–H groups in total. The summed E-state index contributed by atoms with van der Waals surface area (Å²) in [6.07, 6.45) is 2.92. The van der Waals surface area contributed by atoms with E-state index in [4.69, 9.17) is 4.74 Å². The van der Waals surface area contributed by atoms with E-state index in [0.717, 1.165) is 51.2 Å². The Bertz CT molecular complexity index is 572. The fourth-order valence-electron chi connectivity index (χ4n) is 3.85. The smallest absolute Gasteiger partial charge is 0.225 e. The summed E-state index contributed by atoms with van der Waals surface area (Å²) in [5.41, 5.74) is 1.08. The van der Waals surface area contributed by atoms with E-state index >= 15 is 0 Å². The second kappa shape index (κ2) is 6.52. The second-order valence-electron chi connectivity index (χ2n) is 7.40. The molecule has 0 aliphatic carbocycles. The molecular weight excluding hydrogens is 288 g/mol. The zero-order chi connectivity index (χ0) is 16.4. The number of benzene rings is 1. The molecule has 1 saturated heterocycles. The Morgan fingerprint density at radius 2 is 2.00 bits per heavy atom. The lowest BCUT2D eigenvalue weighted by molar-refractivity contribution is -0.134. The standard InChI is InChI=1S/C19H28N2O2/c1-15(2)18(22)21-11-6-9-19(10-12-21)14-20(3)13-16-7-4-5-8-17(16)23-19/h4-5,7-8,15H,6,9-14H2,1-3H3/t19-/m0/s1. The van der Waals surface area contributed by atoms with Gasteiger partial charge in [-0.2, -0.15) is 0 Å². The van der Waals surface area contributed by atoms with E-state index in [1.165, 1.54) is 5.56 Å². The molecule has 1 aromatic rings. The van der Waals surface area contributed by atoms with Gasteiger partial charge in [0.15, 0.2) is 0 Å². The number of carbonyl (C=O) groups excluding carboxylic acids is 1. The number of likely N-dealkylation sites (N-methyl/N-ethyl adjacent to an activating group) is 1. The molecule has 1 amide bonds. The van der Waals surface area contributed by atoms with E-state index in [0.29, 0.717) is 0 Å². The SMILES string of the molecule is CC(C)C(=O)N1CCC[C@]2(CC1)CN(C)Cc1ccccc1O2. The molecule has 1 fully saturated rings. The lowest BCUT2D eigenvalue weighted by Gasteiger charge is -2.34. The summed E-state index contributed by atoms with van der Waals surface area (Å²) in [6.45, 7) is 7.46. The molecule has 0 bridgehead atoms. The third kappa shape index (κ3) is 3.52. The summed E-state index contributed by atoms with van der Waals surface area (Å²) in [5.74, 6) is 1.35. The topological polar surface area (TPSA) is 32.8 Å². The Balaban J connectivity index is 1.80. The number of hydrogen-bond acceptors (Lipinski definition) is 3. The first kappa shape index (κ1) is 16.3. The van der Waals surface area contributed by atoms with Gasteiger partial charge in [0, 0.05) is 44.1 Å². The highest BCUT2D eigenvalue weighted by atomic mass is 16.5. The van der Waals surface area contributed by atoms with Gasteiger partial charge in [-0.1, -0.05) is 32.0 Å². The van der Waals surface area contributed by atoms with Gasteiger partial charge in [0.1, 0.15) is 11.4 Å². The first-order chi connectivity index (χ1) is 11.0. The Morgan fingerprint density at radius 3 is 2.78 bits per heavy atom. The number of fused-ring (bicyclic) bond motifs is 1. The zero-order valence-electron chi connectivity index (χ0n) is 14.5. The lowest BCUT2D eigenvalue weighted by atomic mass is 9.94. The van der Waals surface area contributed by atoms with Gasteiger partial charge in [-0.3, -0.25) is 9.69 Å². The summed E-state index contributed by atoms with van der Waals surface area (Å²) >= 11 is 0. The first-order valence-corrected chi connectivity index (χ1v) is 8.73. The minimum Gasteiger partial charge on any atom is -0.486 e. The van der Waals surface area contributed by atoms with Crippen LogP contribution in [0.15, 0.2) is 24.3 Å². The van der Waals surface area contributed by atoms with Crippen LogP contribution in [0, 0.1) is 5.92 Å². The molecule has 0 saturated carbocycles. The van der Waals surface area contributed by atoms with E-state index in [-0.39, 0.29) is 17.4 Å². The van der Waals surface area contributed by atoms with Gasteiger partial charge in [0.05, 0.1) is 0 Å². The average molecular weight is 316 g/mol. The molecule has 2 aliphatic heterocycles. The van der Waals surface area contributed by atoms with Crippen LogP contribution in [0.4, 0.5) is 0 Å². The van der Waals surface area contributed by atoms with Crippen molar-refractivity contribution >= 4 is 5.91 Å². The number of para-hydroxylation sites is 1. The molecule has 3 rings (SSSR count). The van der Waals surface area contributed by atoms with Crippen molar-refractivity contribution in [3.05, 3.63) is 29.8 Å². The summed E-state index contributed by atoms with van der Waals surface area (Å²) < 4.78 is 6.54. The summed E-state index contributed by atoms with van der Waals surface area (Å²) in [6, 6.07) is 8.35. The highest BCUT2D eigenvalue weighted by Crippen LogP contribution is 2.35. The zero-order valence-corrected chi connectivity index (χ0v) is 14.5. The van der Waals surface area contributed by atoms with Gasteiger partial charge in [0.25, 0.3) is 0 Å². The van der Waals surface area contributed by atoms with Crippen LogP contribution in [0.1, 0.15) is 38.7 Å². The Kier molecular flexibility index (Phi) is 4.62. The largest absolute Gasteiger partial charge is 0.486 e. The van der Waals surface area contributed by atoms with Crippen molar-refractivity contribution in [1.29, 1.82) is 0 Å². The molecule has 1 aromatic carbocycles. The van der Waals surface area contributed by atoms with Crippen molar-refractivity contribution in [3.8, 4) is 5.75 Å². The van der Waals surface area contributed by atoms with Gasteiger partial charge >= 0.3 is 0 Å². The minimum absolute atomic E-state index is 0.0718. The minimum atomic E-state index is -0.173. The molecule has 0 radical (unpaired) electrons. The maximum atomic E-state index is 12.3. The van der Waals surface area contributed by atoms with Gasteiger partial charge in [-0.15, -0.1) is 0 Å². The highest BCUT2D eigenvalue weighted by molar-refractivity contribution is 5.78. The van der Waals surface area contributed by atoms with E-state index in [1.54, 1.807) is 0 Å². The number of nitrogens with zero attached hydrogens (tertiary/aromatic N) is 2. The van der Waals surface area contributed by atoms with Crippen LogP contribution >= 0.6 is 0 Å². The average Bonchev–Trinajstić information content (AvgIpc) is 2.79. The molecule has 0 aromatic heterocycles. The fourth-order valence-corrected chi connectivity index (χ4v) is 3.85. The van der Waals surface area contributed by atoms with Crippen molar-refractivity contribution in [2.75, 3.05) is 26.7 Å². The highest BCUT2D eigenvalue weighted by Gasteiger charge is 2.39. The van der Waals surface area contributed by atoms with Crippen LogP contribution in [0.2, 0.25) is 0 Å². The molecule has 4 nitrogen and oxygen atoms in total. The van der Waals surface area contributed by atoms with Crippen molar-refractivity contribution in [3.63, 3.8) is 0 Å². The van der Waals surface area contributed by atoms with E-state index in [1.807, 2.05) is 24.8 Å². The van der Waals surface area contributed by atoms with Gasteiger partial charge in [0.2, 0.25) is 5.91 Å². The molecular formula is C19H28N2O2. The predicted octanol–water partition coefficient (Wildman–Crippen LogP) is 2.92. The van der Waals surface area contributed by atoms with Crippen LogP contribution in [0.25, 0.3) is 0 Å².